The number of nitrogens with one attached hydrogen (secondary N) is 1. The van der Waals surface area contributed by atoms with Gasteiger partial charge >= 0.3 is 0 Å². The summed E-state index contributed by atoms with van der Waals surface area (Å²) in [5.41, 5.74) is 2.59. The smallest absolute Gasteiger partial charge is 0.119 e. The van der Waals surface area contributed by atoms with Gasteiger partial charge in [-0.1, -0.05) is 25.1 Å². The topological polar surface area (TPSA) is 34.2 Å². The zero-order valence-electron chi connectivity index (χ0n) is 12.9. The molecule has 0 radical (unpaired) electrons. The summed E-state index contributed by atoms with van der Waals surface area (Å²) in [5, 5.41) is 3.56. The van der Waals surface area contributed by atoms with Crippen LogP contribution in [-0.4, -0.2) is 18.1 Å². The molecule has 0 aliphatic carbocycles. The number of aromatic nitrogens is 1. The molecule has 0 aliphatic rings. The molecule has 3 heteroatoms. The molecule has 1 unspecified atom stereocenters. The van der Waals surface area contributed by atoms with E-state index < -0.39 is 0 Å². The molecular weight excluding hydrogens is 260 g/mol. The van der Waals surface area contributed by atoms with E-state index in [1.165, 1.54) is 11.1 Å². The molecule has 0 fully saturated rings. The van der Waals surface area contributed by atoms with E-state index in [9.17, 15) is 0 Å². The first-order valence-electron chi connectivity index (χ1n) is 7.68. The Labute approximate surface area is 127 Å². The Morgan fingerprint density at radius 1 is 1.14 bits per heavy atom. The van der Waals surface area contributed by atoms with Crippen molar-refractivity contribution in [2.24, 2.45) is 0 Å². The largest absolute Gasteiger partial charge is 0.494 e. The second-order valence-electron chi connectivity index (χ2n) is 5.01. The number of benzene rings is 1. The lowest BCUT2D eigenvalue weighted by atomic mass is 9.99. The first-order chi connectivity index (χ1) is 10.3. The molecular formula is C18H24N2O. The molecule has 1 heterocycles. The minimum atomic E-state index is 0.367. The second kappa shape index (κ2) is 8.42. The molecule has 0 spiro atoms. The summed E-state index contributed by atoms with van der Waals surface area (Å²) in [5.74, 6) is 0.934. The Bertz CT molecular complexity index is 511. The molecule has 0 saturated carbocycles. The number of nitrogens with zero attached hydrogens (tertiary/aromatic N) is 1. The number of ether oxygens (including phenoxy) is 1. The van der Waals surface area contributed by atoms with Gasteiger partial charge in [0.05, 0.1) is 6.61 Å². The van der Waals surface area contributed by atoms with Gasteiger partial charge in [-0.3, -0.25) is 4.98 Å². The zero-order valence-corrected chi connectivity index (χ0v) is 12.9. The average molecular weight is 284 g/mol. The quantitative estimate of drug-likeness (QED) is 0.801. The lowest BCUT2D eigenvalue weighted by Gasteiger charge is -2.18. The van der Waals surface area contributed by atoms with Gasteiger partial charge in [0, 0.05) is 18.4 Å². The summed E-state index contributed by atoms with van der Waals surface area (Å²) in [6.45, 7) is 5.82. The standard InChI is InChI=1S/C18H24N2O/c1-3-20-18(12-7-15-6-5-13-19-14-15)16-8-10-17(11-9-16)21-4-2/h5-6,8-11,13-14,18,20H,3-4,7,12H2,1-2H3. The normalized spacial score (nSPS) is 12.1. The van der Waals surface area contributed by atoms with E-state index in [2.05, 4.69) is 35.4 Å². The fourth-order valence-corrected chi connectivity index (χ4v) is 2.45. The predicted octanol–water partition coefficient (Wildman–Crippen LogP) is 3.76. The molecule has 1 aromatic carbocycles. The van der Waals surface area contributed by atoms with Gasteiger partial charge in [0.15, 0.2) is 0 Å². The van der Waals surface area contributed by atoms with Crippen LogP contribution in [0.4, 0.5) is 0 Å². The van der Waals surface area contributed by atoms with Gasteiger partial charge in [-0.15, -0.1) is 0 Å². The first-order valence-corrected chi connectivity index (χ1v) is 7.68. The number of hydrogen-bond donors (Lipinski definition) is 1. The van der Waals surface area contributed by atoms with Crippen LogP contribution >= 0.6 is 0 Å². The summed E-state index contributed by atoms with van der Waals surface area (Å²) in [6.07, 6.45) is 5.85. The van der Waals surface area contributed by atoms with Crippen LogP contribution in [0.1, 0.15) is 37.4 Å². The monoisotopic (exact) mass is 284 g/mol. The molecule has 0 bridgehead atoms. The molecule has 1 atom stereocenters. The van der Waals surface area contributed by atoms with Gasteiger partial charge < -0.3 is 10.1 Å². The lowest BCUT2D eigenvalue weighted by Crippen LogP contribution is -2.21. The molecule has 1 N–H and O–H groups in total. The predicted molar refractivity (Wildman–Crippen MR) is 86.6 cm³/mol. The second-order valence-corrected chi connectivity index (χ2v) is 5.01. The average Bonchev–Trinajstić information content (AvgIpc) is 2.54. The van der Waals surface area contributed by atoms with Crippen molar-refractivity contribution in [3.63, 3.8) is 0 Å². The van der Waals surface area contributed by atoms with Crippen molar-refractivity contribution in [3.05, 3.63) is 59.9 Å². The van der Waals surface area contributed by atoms with Crippen molar-refractivity contribution in [2.45, 2.75) is 32.7 Å². The van der Waals surface area contributed by atoms with Gasteiger partial charge in [-0.25, -0.2) is 0 Å². The van der Waals surface area contributed by atoms with Crippen molar-refractivity contribution in [3.8, 4) is 5.75 Å². The number of rotatable bonds is 8. The Morgan fingerprint density at radius 3 is 2.57 bits per heavy atom. The van der Waals surface area contributed by atoms with Crippen molar-refractivity contribution in [1.29, 1.82) is 0 Å². The summed E-state index contributed by atoms with van der Waals surface area (Å²) < 4.78 is 5.50. The first kappa shape index (κ1) is 15.5. The van der Waals surface area contributed by atoms with Gasteiger partial charge in [0.2, 0.25) is 0 Å². The zero-order chi connectivity index (χ0) is 14.9. The summed E-state index contributed by atoms with van der Waals surface area (Å²) in [7, 11) is 0. The fourth-order valence-electron chi connectivity index (χ4n) is 2.45. The summed E-state index contributed by atoms with van der Waals surface area (Å²) in [6, 6.07) is 12.9. The van der Waals surface area contributed by atoms with Crippen LogP contribution in [0.5, 0.6) is 5.75 Å². The maximum atomic E-state index is 5.50. The minimum absolute atomic E-state index is 0.367. The van der Waals surface area contributed by atoms with Crippen molar-refractivity contribution in [1.82, 2.24) is 10.3 Å². The van der Waals surface area contributed by atoms with Crippen LogP contribution in [0.3, 0.4) is 0 Å². The van der Waals surface area contributed by atoms with Crippen LogP contribution in [0.2, 0.25) is 0 Å². The maximum absolute atomic E-state index is 5.50. The highest BCUT2D eigenvalue weighted by Gasteiger charge is 2.10. The van der Waals surface area contributed by atoms with Crippen molar-refractivity contribution < 1.29 is 4.74 Å². The van der Waals surface area contributed by atoms with Crippen LogP contribution in [-0.2, 0) is 6.42 Å². The third-order valence-corrected chi connectivity index (χ3v) is 3.49. The molecule has 0 amide bonds. The van der Waals surface area contributed by atoms with Crippen molar-refractivity contribution in [2.75, 3.05) is 13.2 Å². The molecule has 2 aromatic rings. The summed E-state index contributed by atoms with van der Waals surface area (Å²) >= 11 is 0. The molecule has 0 saturated heterocycles. The summed E-state index contributed by atoms with van der Waals surface area (Å²) in [4.78, 5) is 4.18. The Balaban J connectivity index is 2.00. The van der Waals surface area contributed by atoms with E-state index in [0.717, 1.165) is 25.1 Å². The van der Waals surface area contributed by atoms with Crippen LogP contribution < -0.4 is 10.1 Å². The number of pyridine rings is 1. The Kier molecular flexibility index (Phi) is 6.22. The molecule has 2 rings (SSSR count). The molecule has 112 valence electrons. The van der Waals surface area contributed by atoms with Crippen LogP contribution in [0.25, 0.3) is 0 Å². The highest BCUT2D eigenvalue weighted by atomic mass is 16.5. The van der Waals surface area contributed by atoms with Crippen LogP contribution in [0.15, 0.2) is 48.8 Å². The van der Waals surface area contributed by atoms with Gasteiger partial charge in [-0.05, 0) is 55.6 Å². The number of hydrogen-bond acceptors (Lipinski definition) is 3. The highest BCUT2D eigenvalue weighted by molar-refractivity contribution is 5.29. The Hall–Kier alpha value is -1.87. The Morgan fingerprint density at radius 2 is 1.95 bits per heavy atom. The molecule has 0 aliphatic heterocycles. The van der Waals surface area contributed by atoms with E-state index in [1.54, 1.807) is 0 Å². The lowest BCUT2D eigenvalue weighted by molar-refractivity contribution is 0.340. The minimum Gasteiger partial charge on any atom is -0.494 e. The van der Waals surface area contributed by atoms with E-state index >= 15 is 0 Å². The third-order valence-electron chi connectivity index (χ3n) is 3.49. The fraction of sp³-hybridized carbons (Fsp3) is 0.389. The highest BCUT2D eigenvalue weighted by Crippen LogP contribution is 2.22. The van der Waals surface area contributed by atoms with E-state index in [4.69, 9.17) is 4.74 Å². The van der Waals surface area contributed by atoms with Gasteiger partial charge in [0.1, 0.15) is 5.75 Å². The van der Waals surface area contributed by atoms with E-state index in [0.29, 0.717) is 12.6 Å². The van der Waals surface area contributed by atoms with E-state index in [-0.39, 0.29) is 0 Å². The molecule has 3 nitrogen and oxygen atoms in total. The SMILES string of the molecule is CCNC(CCc1cccnc1)c1ccc(OCC)cc1. The van der Waals surface area contributed by atoms with E-state index in [1.807, 2.05) is 37.5 Å². The molecule has 1 aromatic heterocycles. The number of aryl methyl sites for hydroxylation is 1. The maximum Gasteiger partial charge on any atom is 0.119 e. The van der Waals surface area contributed by atoms with Gasteiger partial charge in [0.25, 0.3) is 0 Å². The van der Waals surface area contributed by atoms with Crippen molar-refractivity contribution >= 4 is 0 Å². The van der Waals surface area contributed by atoms with Crippen LogP contribution in [0, 0.1) is 0 Å². The van der Waals surface area contributed by atoms with Gasteiger partial charge in [-0.2, -0.15) is 0 Å². The molecule has 21 heavy (non-hydrogen) atoms. The third kappa shape index (κ3) is 4.87.